The van der Waals surface area contributed by atoms with E-state index in [1.807, 2.05) is 41.3 Å². The summed E-state index contributed by atoms with van der Waals surface area (Å²) in [7, 11) is 0. The van der Waals surface area contributed by atoms with Gasteiger partial charge in [-0.3, -0.25) is 9.59 Å². The highest BCUT2D eigenvalue weighted by atomic mass is 35.5. The van der Waals surface area contributed by atoms with Crippen LogP contribution >= 0.6 is 11.6 Å². The molecule has 7 heteroatoms. The van der Waals surface area contributed by atoms with Gasteiger partial charge in [-0.1, -0.05) is 55.3 Å². The average molecular weight is 513 g/mol. The van der Waals surface area contributed by atoms with Crippen LogP contribution in [0.2, 0.25) is 5.02 Å². The summed E-state index contributed by atoms with van der Waals surface area (Å²) >= 11 is 6.12. The topological polar surface area (TPSA) is 59.1 Å². The summed E-state index contributed by atoms with van der Waals surface area (Å²) in [6, 6.07) is 15.5. The number of nitrogens with zero attached hydrogens (tertiary/aromatic N) is 2. The molecule has 1 saturated heterocycles. The van der Waals surface area contributed by atoms with E-state index in [0.29, 0.717) is 44.3 Å². The lowest BCUT2D eigenvalue weighted by atomic mass is 9.90. The van der Waals surface area contributed by atoms with E-state index in [1.54, 1.807) is 11.0 Å². The third-order valence-electron chi connectivity index (χ3n) is 7.11. The van der Waals surface area contributed by atoms with E-state index in [9.17, 15) is 9.59 Å². The zero-order valence-electron chi connectivity index (χ0n) is 21.2. The molecular weight excluding hydrogens is 476 g/mol. The van der Waals surface area contributed by atoms with Crippen molar-refractivity contribution in [3.8, 4) is 5.75 Å². The van der Waals surface area contributed by atoms with Gasteiger partial charge in [0.1, 0.15) is 12.4 Å². The molecule has 2 aromatic rings. The Labute approximate surface area is 219 Å². The van der Waals surface area contributed by atoms with Gasteiger partial charge in [-0.25, -0.2) is 0 Å². The molecule has 2 aliphatic rings. The number of carbonyl (C=O) groups excluding carboxylic acids is 2. The van der Waals surface area contributed by atoms with Gasteiger partial charge in [0.05, 0.1) is 26.1 Å². The van der Waals surface area contributed by atoms with E-state index < -0.39 is 5.60 Å². The number of ether oxygens (including phenoxy) is 2. The number of amides is 2. The van der Waals surface area contributed by atoms with Gasteiger partial charge in [0, 0.05) is 18.1 Å². The lowest BCUT2D eigenvalue weighted by molar-refractivity contribution is -0.176. The van der Waals surface area contributed by atoms with Crippen molar-refractivity contribution in [1.29, 1.82) is 0 Å². The van der Waals surface area contributed by atoms with Crippen LogP contribution in [0.3, 0.4) is 0 Å². The number of morpholine rings is 1. The van der Waals surface area contributed by atoms with Gasteiger partial charge in [0.15, 0.2) is 5.60 Å². The molecule has 2 amide bonds. The van der Waals surface area contributed by atoms with Crippen molar-refractivity contribution in [2.45, 2.75) is 57.5 Å². The van der Waals surface area contributed by atoms with Crippen molar-refractivity contribution in [2.75, 3.05) is 39.4 Å². The Balaban J connectivity index is 1.54. The molecule has 1 spiro atoms. The van der Waals surface area contributed by atoms with Crippen LogP contribution in [0, 0.1) is 0 Å². The number of rotatable bonds is 5. The van der Waals surface area contributed by atoms with Crippen molar-refractivity contribution in [1.82, 2.24) is 9.80 Å². The molecule has 2 heterocycles. The number of fused-ring (bicyclic) bond motifs is 1. The predicted molar refractivity (Wildman–Crippen MR) is 141 cm³/mol. The average Bonchev–Trinajstić information content (AvgIpc) is 2.88. The molecule has 2 aromatic carbocycles. The molecule has 0 N–H and O–H groups in total. The van der Waals surface area contributed by atoms with Crippen LogP contribution in [0.4, 0.5) is 0 Å². The molecule has 0 aromatic heterocycles. The van der Waals surface area contributed by atoms with E-state index in [4.69, 9.17) is 21.1 Å². The smallest absolute Gasteiger partial charge is 0.256 e. The molecule has 1 unspecified atom stereocenters. The van der Waals surface area contributed by atoms with Crippen molar-refractivity contribution < 1.29 is 19.1 Å². The molecule has 4 rings (SSSR count). The second kappa shape index (κ2) is 12.6. The van der Waals surface area contributed by atoms with Crippen LogP contribution in [0.1, 0.15) is 50.2 Å². The van der Waals surface area contributed by atoms with Gasteiger partial charge < -0.3 is 19.3 Å². The van der Waals surface area contributed by atoms with Crippen LogP contribution < -0.4 is 4.74 Å². The number of halogens is 1. The van der Waals surface area contributed by atoms with Crippen molar-refractivity contribution in [3.63, 3.8) is 0 Å². The highest BCUT2D eigenvalue weighted by Crippen LogP contribution is 2.30. The minimum absolute atomic E-state index is 0.00349. The van der Waals surface area contributed by atoms with Crippen LogP contribution in [0.25, 0.3) is 0 Å². The fourth-order valence-corrected chi connectivity index (χ4v) is 5.33. The first-order valence-corrected chi connectivity index (χ1v) is 13.5. The van der Waals surface area contributed by atoms with Gasteiger partial charge in [-0.15, -0.1) is 0 Å². The lowest BCUT2D eigenvalue weighted by Gasteiger charge is -2.44. The predicted octanol–water partition coefficient (Wildman–Crippen LogP) is 4.91. The summed E-state index contributed by atoms with van der Waals surface area (Å²) in [5.41, 5.74) is 1.05. The van der Waals surface area contributed by atoms with E-state index >= 15 is 0 Å². The highest BCUT2D eigenvalue weighted by molar-refractivity contribution is 6.30. The van der Waals surface area contributed by atoms with Gasteiger partial charge in [0.2, 0.25) is 5.91 Å². The third kappa shape index (κ3) is 6.60. The minimum Gasteiger partial charge on any atom is -0.491 e. The number of unbranched alkanes of at least 4 members (excludes halogenated alkanes) is 1. The minimum atomic E-state index is -1.02. The number of benzene rings is 2. The number of aryl methyl sites for hydroxylation is 1. The Morgan fingerprint density at radius 1 is 1.08 bits per heavy atom. The molecule has 0 aliphatic carbocycles. The molecule has 0 bridgehead atoms. The summed E-state index contributed by atoms with van der Waals surface area (Å²) < 4.78 is 12.4. The molecule has 6 nitrogen and oxygen atoms in total. The molecular formula is C29H37ClN2O4. The van der Waals surface area contributed by atoms with E-state index in [0.717, 1.165) is 43.4 Å². The maximum absolute atomic E-state index is 14.1. The van der Waals surface area contributed by atoms with Crippen molar-refractivity contribution in [3.05, 3.63) is 64.7 Å². The first-order chi connectivity index (χ1) is 17.5. The fourth-order valence-electron chi connectivity index (χ4n) is 5.11. The SMILES string of the molecule is CCCCN1CCOc2ccccc2CCCCC2(CN(C(=O)Cc3cccc(Cl)c3)CCO2)C1=O. The maximum atomic E-state index is 14.1. The first kappa shape index (κ1) is 26.5. The zero-order valence-corrected chi connectivity index (χ0v) is 22.0. The second-order valence-corrected chi connectivity index (χ2v) is 10.2. The molecule has 36 heavy (non-hydrogen) atoms. The van der Waals surface area contributed by atoms with Gasteiger partial charge in [-0.2, -0.15) is 0 Å². The zero-order chi connectivity index (χ0) is 25.4. The Morgan fingerprint density at radius 2 is 1.94 bits per heavy atom. The fraction of sp³-hybridized carbons (Fsp3) is 0.517. The van der Waals surface area contributed by atoms with E-state index in [-0.39, 0.29) is 24.8 Å². The Morgan fingerprint density at radius 3 is 2.78 bits per heavy atom. The Kier molecular flexibility index (Phi) is 9.27. The number of para-hydroxylation sites is 1. The summed E-state index contributed by atoms with van der Waals surface area (Å²) in [5.74, 6) is 0.882. The van der Waals surface area contributed by atoms with Crippen molar-refractivity contribution in [2.24, 2.45) is 0 Å². The summed E-state index contributed by atoms with van der Waals surface area (Å²) in [4.78, 5) is 31.0. The molecule has 0 saturated carbocycles. The van der Waals surface area contributed by atoms with Crippen LogP contribution in [0.15, 0.2) is 48.5 Å². The van der Waals surface area contributed by atoms with Gasteiger partial charge in [0.25, 0.3) is 5.91 Å². The van der Waals surface area contributed by atoms with Gasteiger partial charge in [-0.05, 0) is 61.4 Å². The summed E-state index contributed by atoms with van der Waals surface area (Å²) in [5, 5.41) is 0.614. The molecule has 0 radical (unpaired) electrons. The first-order valence-electron chi connectivity index (χ1n) is 13.2. The molecule has 1 atom stereocenters. The number of hydrogen-bond acceptors (Lipinski definition) is 4. The van der Waals surface area contributed by atoms with Crippen LogP contribution in [-0.4, -0.2) is 66.6 Å². The van der Waals surface area contributed by atoms with E-state index in [1.165, 1.54) is 5.56 Å². The number of hydrogen-bond donors (Lipinski definition) is 0. The molecule has 194 valence electrons. The summed E-state index contributed by atoms with van der Waals surface area (Å²) in [6.07, 6.45) is 5.40. The van der Waals surface area contributed by atoms with E-state index in [2.05, 4.69) is 13.0 Å². The van der Waals surface area contributed by atoms with Crippen LogP contribution in [-0.2, 0) is 27.2 Å². The number of carbonyl (C=O) groups is 2. The highest BCUT2D eigenvalue weighted by Gasteiger charge is 2.46. The maximum Gasteiger partial charge on any atom is 0.256 e. The normalized spacial score (nSPS) is 21.3. The van der Waals surface area contributed by atoms with Gasteiger partial charge >= 0.3 is 0 Å². The summed E-state index contributed by atoms with van der Waals surface area (Å²) in [6.45, 7) is 4.83. The Hall–Kier alpha value is -2.57. The molecule has 2 aliphatic heterocycles. The quantitative estimate of drug-likeness (QED) is 0.571. The van der Waals surface area contributed by atoms with Crippen LogP contribution in [0.5, 0.6) is 5.75 Å². The monoisotopic (exact) mass is 512 g/mol. The molecule has 1 fully saturated rings. The third-order valence-corrected chi connectivity index (χ3v) is 7.34. The largest absolute Gasteiger partial charge is 0.491 e. The van der Waals surface area contributed by atoms with Crippen molar-refractivity contribution >= 4 is 23.4 Å². The lowest BCUT2D eigenvalue weighted by Crippen LogP contribution is -2.62. The standard InChI is InChI=1S/C29H37ClN2O4/c1-2-3-15-31-16-18-35-26-13-5-4-10-24(26)11-6-7-14-29(28(31)34)22-32(17-19-36-29)27(33)21-23-9-8-12-25(30)20-23/h4-5,8-10,12-13,20H,2-3,6-7,11,14-19,21-22H2,1H3. The second-order valence-electron chi connectivity index (χ2n) is 9.77. The Bertz CT molecular complexity index is 1050.